The molecule has 1 aliphatic rings. The maximum atomic E-state index is 12.7. The van der Waals surface area contributed by atoms with Gasteiger partial charge in [0.1, 0.15) is 6.04 Å². The van der Waals surface area contributed by atoms with Gasteiger partial charge in [0.25, 0.3) is 5.91 Å². The summed E-state index contributed by atoms with van der Waals surface area (Å²) >= 11 is 0. The summed E-state index contributed by atoms with van der Waals surface area (Å²) in [6, 6.07) is 9.01. The number of rotatable bonds is 6. The van der Waals surface area contributed by atoms with E-state index < -0.39 is 16.1 Å². The van der Waals surface area contributed by atoms with Crippen molar-refractivity contribution in [3.05, 3.63) is 54.0 Å². The van der Waals surface area contributed by atoms with Crippen LogP contribution >= 0.6 is 0 Å². The van der Waals surface area contributed by atoms with Gasteiger partial charge < -0.3 is 14.6 Å². The predicted octanol–water partition coefficient (Wildman–Crippen LogP) is 1.50. The summed E-state index contributed by atoms with van der Waals surface area (Å²) in [6.45, 7) is 0.665. The lowest BCUT2D eigenvalue weighted by molar-refractivity contribution is -0.126. The van der Waals surface area contributed by atoms with Crippen molar-refractivity contribution in [2.24, 2.45) is 0 Å². The molecule has 1 fully saturated rings. The van der Waals surface area contributed by atoms with Crippen LogP contribution in [0.25, 0.3) is 0 Å². The van der Waals surface area contributed by atoms with Gasteiger partial charge in [0.05, 0.1) is 11.2 Å². The first kappa shape index (κ1) is 20.1. The van der Waals surface area contributed by atoms with Crippen LogP contribution < -0.4 is 10.0 Å². The van der Waals surface area contributed by atoms with Gasteiger partial charge in [-0.2, -0.15) is 0 Å². The lowest BCUT2D eigenvalue weighted by Crippen LogP contribution is -2.51. The third-order valence-corrected chi connectivity index (χ3v) is 6.15. The zero-order chi connectivity index (χ0) is 20.1. The topological polar surface area (TPSA) is 109 Å². The molecule has 1 aliphatic heterocycles. The highest BCUT2D eigenvalue weighted by atomic mass is 32.2. The molecular formula is C19H23N3O5S. The van der Waals surface area contributed by atoms with Gasteiger partial charge in [-0.3, -0.25) is 9.59 Å². The number of piperidine rings is 1. The molecule has 150 valence electrons. The van der Waals surface area contributed by atoms with Gasteiger partial charge in [-0.05, 0) is 56.1 Å². The van der Waals surface area contributed by atoms with Crippen molar-refractivity contribution in [1.29, 1.82) is 0 Å². The zero-order valence-electron chi connectivity index (χ0n) is 15.6. The Morgan fingerprint density at radius 2 is 2.04 bits per heavy atom. The molecule has 1 aromatic heterocycles. The third kappa shape index (κ3) is 4.42. The first-order valence-corrected chi connectivity index (χ1v) is 10.6. The standard InChI is InChI=1S/C19H23N3O5S/c1-20-28(25,26)15-7-4-6-14(12-15)13-21-18(23)16-8-2-3-10-22(16)19(24)17-9-5-11-27-17/h4-7,9,11-12,16,20H,2-3,8,10,13H2,1H3,(H,21,23). The Labute approximate surface area is 164 Å². The molecule has 1 unspecified atom stereocenters. The van der Waals surface area contributed by atoms with E-state index >= 15 is 0 Å². The molecule has 2 aromatic rings. The van der Waals surface area contributed by atoms with E-state index in [4.69, 9.17) is 4.42 Å². The molecule has 3 rings (SSSR count). The van der Waals surface area contributed by atoms with Crippen LogP contribution in [0.2, 0.25) is 0 Å². The number of furan rings is 1. The molecule has 2 amide bonds. The molecule has 0 bridgehead atoms. The van der Waals surface area contributed by atoms with Crippen LogP contribution in [0, 0.1) is 0 Å². The second kappa shape index (κ2) is 8.57. The molecule has 0 radical (unpaired) electrons. The maximum absolute atomic E-state index is 12.7. The van der Waals surface area contributed by atoms with Crippen molar-refractivity contribution in [2.45, 2.75) is 36.7 Å². The Kier molecular flexibility index (Phi) is 6.15. The summed E-state index contributed by atoms with van der Waals surface area (Å²) < 4.78 is 31.3. The summed E-state index contributed by atoms with van der Waals surface area (Å²) in [4.78, 5) is 27.0. The second-order valence-electron chi connectivity index (χ2n) is 6.56. The quantitative estimate of drug-likeness (QED) is 0.757. The molecule has 0 aliphatic carbocycles. The molecule has 8 nitrogen and oxygen atoms in total. The lowest BCUT2D eigenvalue weighted by atomic mass is 10.0. The maximum Gasteiger partial charge on any atom is 0.290 e. The lowest BCUT2D eigenvalue weighted by Gasteiger charge is -2.34. The number of likely N-dealkylation sites (tertiary alicyclic amines) is 1. The average molecular weight is 405 g/mol. The summed E-state index contributed by atoms with van der Waals surface area (Å²) in [5, 5.41) is 2.82. The molecule has 2 heterocycles. The molecule has 28 heavy (non-hydrogen) atoms. The van der Waals surface area contributed by atoms with E-state index in [1.54, 1.807) is 29.2 Å². The molecule has 1 aromatic carbocycles. The Bertz CT molecular complexity index is 940. The normalized spacial score (nSPS) is 17.3. The van der Waals surface area contributed by atoms with Crippen LogP contribution in [0.4, 0.5) is 0 Å². The van der Waals surface area contributed by atoms with Gasteiger partial charge in [-0.25, -0.2) is 13.1 Å². The predicted molar refractivity (Wildman–Crippen MR) is 102 cm³/mol. The average Bonchev–Trinajstić information content (AvgIpc) is 3.26. The Morgan fingerprint density at radius 1 is 1.21 bits per heavy atom. The van der Waals surface area contributed by atoms with Crippen LogP contribution in [-0.2, 0) is 21.4 Å². The molecular weight excluding hydrogens is 382 g/mol. The van der Waals surface area contributed by atoms with Crippen molar-refractivity contribution in [2.75, 3.05) is 13.6 Å². The number of hydrogen-bond donors (Lipinski definition) is 2. The highest BCUT2D eigenvalue weighted by Gasteiger charge is 2.33. The molecule has 0 saturated carbocycles. The highest BCUT2D eigenvalue weighted by Crippen LogP contribution is 2.20. The van der Waals surface area contributed by atoms with E-state index in [-0.39, 0.29) is 29.0 Å². The van der Waals surface area contributed by atoms with E-state index in [1.165, 1.54) is 25.4 Å². The Hall–Kier alpha value is -2.65. The van der Waals surface area contributed by atoms with Crippen LogP contribution in [0.15, 0.2) is 52.0 Å². The van der Waals surface area contributed by atoms with Crippen molar-refractivity contribution >= 4 is 21.8 Å². The fourth-order valence-corrected chi connectivity index (χ4v) is 4.04. The number of nitrogens with one attached hydrogen (secondary N) is 2. The van der Waals surface area contributed by atoms with Crippen molar-refractivity contribution in [3.8, 4) is 0 Å². The number of hydrogen-bond acceptors (Lipinski definition) is 5. The number of sulfonamides is 1. The van der Waals surface area contributed by atoms with Gasteiger partial charge in [0, 0.05) is 13.1 Å². The van der Waals surface area contributed by atoms with Crippen molar-refractivity contribution in [1.82, 2.24) is 14.9 Å². The molecule has 2 N–H and O–H groups in total. The smallest absolute Gasteiger partial charge is 0.290 e. The first-order valence-electron chi connectivity index (χ1n) is 9.07. The minimum Gasteiger partial charge on any atom is -0.459 e. The fraction of sp³-hybridized carbons (Fsp3) is 0.368. The van der Waals surface area contributed by atoms with Gasteiger partial charge in [0.2, 0.25) is 15.9 Å². The summed E-state index contributed by atoms with van der Waals surface area (Å²) in [6.07, 6.45) is 3.70. The molecule has 0 spiro atoms. The number of amides is 2. The van der Waals surface area contributed by atoms with Gasteiger partial charge >= 0.3 is 0 Å². The summed E-state index contributed by atoms with van der Waals surface area (Å²) in [5.74, 6) is -0.349. The van der Waals surface area contributed by atoms with Gasteiger partial charge in [0.15, 0.2) is 5.76 Å². The molecule has 1 saturated heterocycles. The van der Waals surface area contributed by atoms with E-state index in [0.29, 0.717) is 18.5 Å². The van der Waals surface area contributed by atoms with E-state index in [0.717, 1.165) is 12.8 Å². The number of nitrogens with zero attached hydrogens (tertiary/aromatic N) is 1. The number of carbonyl (C=O) groups excluding carboxylic acids is 2. The van der Waals surface area contributed by atoms with E-state index in [1.807, 2.05) is 0 Å². The minimum atomic E-state index is -3.55. The third-order valence-electron chi connectivity index (χ3n) is 4.74. The van der Waals surface area contributed by atoms with Gasteiger partial charge in [-0.15, -0.1) is 0 Å². The highest BCUT2D eigenvalue weighted by molar-refractivity contribution is 7.89. The van der Waals surface area contributed by atoms with Crippen molar-refractivity contribution < 1.29 is 22.4 Å². The second-order valence-corrected chi connectivity index (χ2v) is 8.45. The molecule has 1 atom stereocenters. The van der Waals surface area contributed by atoms with Crippen molar-refractivity contribution in [3.63, 3.8) is 0 Å². The van der Waals surface area contributed by atoms with Crippen LogP contribution in [0.5, 0.6) is 0 Å². The number of benzene rings is 1. The summed E-state index contributed by atoms with van der Waals surface area (Å²) in [7, 11) is -2.21. The van der Waals surface area contributed by atoms with Gasteiger partial charge in [-0.1, -0.05) is 12.1 Å². The minimum absolute atomic E-state index is 0.133. The SMILES string of the molecule is CNS(=O)(=O)c1cccc(CNC(=O)C2CCCCN2C(=O)c2ccco2)c1. The fourth-order valence-electron chi connectivity index (χ4n) is 3.24. The van der Waals surface area contributed by atoms with E-state index in [2.05, 4.69) is 10.0 Å². The summed E-state index contributed by atoms with van der Waals surface area (Å²) in [5.41, 5.74) is 0.657. The van der Waals surface area contributed by atoms with Crippen LogP contribution in [0.3, 0.4) is 0 Å². The zero-order valence-corrected chi connectivity index (χ0v) is 16.4. The van der Waals surface area contributed by atoms with E-state index in [9.17, 15) is 18.0 Å². The molecule has 9 heteroatoms. The van der Waals surface area contributed by atoms with Crippen LogP contribution in [-0.4, -0.2) is 44.8 Å². The number of carbonyl (C=O) groups is 2. The Balaban J connectivity index is 1.68. The first-order chi connectivity index (χ1) is 13.4. The Morgan fingerprint density at radius 3 is 2.75 bits per heavy atom. The van der Waals surface area contributed by atoms with Crippen LogP contribution in [0.1, 0.15) is 35.4 Å². The monoisotopic (exact) mass is 405 g/mol. The largest absolute Gasteiger partial charge is 0.459 e.